The Kier molecular flexibility index (Phi) is 1.66. The lowest BCUT2D eigenvalue weighted by Crippen LogP contribution is -2.23. The van der Waals surface area contributed by atoms with E-state index in [0.717, 1.165) is 5.01 Å². The van der Waals surface area contributed by atoms with Crippen LogP contribution in [0.25, 0.3) is 0 Å². The molecule has 0 aromatic carbocycles. The van der Waals surface area contributed by atoms with Gasteiger partial charge >= 0.3 is 6.03 Å². The quantitative estimate of drug-likeness (QED) is 0.397. The summed E-state index contributed by atoms with van der Waals surface area (Å²) >= 11 is 0. The average molecular weight is 141 g/mol. The summed E-state index contributed by atoms with van der Waals surface area (Å²) in [6.07, 6.45) is 1.46. The van der Waals surface area contributed by atoms with Gasteiger partial charge in [0.05, 0.1) is 0 Å². The Morgan fingerprint density at radius 2 is 2.40 bits per heavy atom. The molecule has 0 aromatic rings. The molecule has 10 heavy (non-hydrogen) atoms. The Morgan fingerprint density at radius 3 is 2.80 bits per heavy atom. The Hall–Kier alpha value is -1.39. The molecule has 3 amide bonds. The monoisotopic (exact) mass is 141 g/mol. The maximum Gasteiger partial charge on any atom is 0.344 e. The standard InChI is InChI=1S/C5H7N3O2/c1-2-6-8-3-4(9)7-5(8)10/h2H,3H2,1H3,(H,7,9,10). The molecule has 1 N–H and O–H groups in total. The summed E-state index contributed by atoms with van der Waals surface area (Å²) in [4.78, 5) is 21.1. The number of hydrogen-bond donors (Lipinski definition) is 1. The molecule has 1 saturated heterocycles. The van der Waals surface area contributed by atoms with E-state index >= 15 is 0 Å². The summed E-state index contributed by atoms with van der Waals surface area (Å²) in [5.74, 6) is -0.310. The van der Waals surface area contributed by atoms with Crippen LogP contribution >= 0.6 is 0 Å². The minimum atomic E-state index is -0.455. The van der Waals surface area contributed by atoms with Gasteiger partial charge in [-0.25, -0.2) is 9.80 Å². The first-order chi connectivity index (χ1) is 4.74. The van der Waals surface area contributed by atoms with Gasteiger partial charge in [-0.15, -0.1) is 0 Å². The number of carbonyl (C=O) groups excluding carboxylic acids is 2. The number of urea groups is 1. The minimum Gasteiger partial charge on any atom is -0.275 e. The number of nitrogens with zero attached hydrogens (tertiary/aromatic N) is 2. The van der Waals surface area contributed by atoms with E-state index in [2.05, 4.69) is 10.4 Å². The fourth-order valence-corrected chi connectivity index (χ4v) is 0.664. The van der Waals surface area contributed by atoms with Gasteiger partial charge < -0.3 is 0 Å². The van der Waals surface area contributed by atoms with Crippen LogP contribution in [0.1, 0.15) is 6.92 Å². The molecule has 1 aliphatic rings. The van der Waals surface area contributed by atoms with Crippen molar-refractivity contribution in [1.29, 1.82) is 0 Å². The third kappa shape index (κ3) is 1.12. The van der Waals surface area contributed by atoms with Gasteiger partial charge in [0.1, 0.15) is 6.54 Å². The molecule has 0 atom stereocenters. The van der Waals surface area contributed by atoms with Crippen LogP contribution in [0.15, 0.2) is 5.10 Å². The summed E-state index contributed by atoms with van der Waals surface area (Å²) in [6, 6.07) is -0.455. The smallest absolute Gasteiger partial charge is 0.275 e. The van der Waals surface area contributed by atoms with Gasteiger partial charge in [-0.3, -0.25) is 10.1 Å². The van der Waals surface area contributed by atoms with Crippen LogP contribution in [-0.4, -0.2) is 29.7 Å². The van der Waals surface area contributed by atoms with Crippen molar-refractivity contribution in [3.8, 4) is 0 Å². The van der Waals surface area contributed by atoms with Crippen molar-refractivity contribution in [1.82, 2.24) is 10.3 Å². The lowest BCUT2D eigenvalue weighted by Gasteiger charge is -2.01. The minimum absolute atomic E-state index is 0.0309. The summed E-state index contributed by atoms with van der Waals surface area (Å²) < 4.78 is 0. The van der Waals surface area contributed by atoms with E-state index in [4.69, 9.17) is 0 Å². The number of rotatable bonds is 1. The van der Waals surface area contributed by atoms with E-state index in [9.17, 15) is 9.59 Å². The van der Waals surface area contributed by atoms with Crippen LogP contribution < -0.4 is 5.32 Å². The van der Waals surface area contributed by atoms with Crippen molar-refractivity contribution in [3.05, 3.63) is 0 Å². The van der Waals surface area contributed by atoms with Gasteiger partial charge in [0.2, 0.25) is 5.91 Å². The van der Waals surface area contributed by atoms with Crippen molar-refractivity contribution in [3.63, 3.8) is 0 Å². The van der Waals surface area contributed by atoms with Crippen molar-refractivity contribution in [2.45, 2.75) is 6.92 Å². The van der Waals surface area contributed by atoms with Gasteiger partial charge in [-0.1, -0.05) is 0 Å². The maximum absolute atomic E-state index is 10.7. The van der Waals surface area contributed by atoms with Crippen LogP contribution in [0.5, 0.6) is 0 Å². The van der Waals surface area contributed by atoms with E-state index in [1.807, 2.05) is 0 Å². The first-order valence-electron chi connectivity index (χ1n) is 2.84. The predicted octanol–water partition coefficient (Wildman–Crippen LogP) is -0.456. The summed E-state index contributed by atoms with van der Waals surface area (Å²) in [6.45, 7) is 1.71. The number of amides is 3. The predicted molar refractivity (Wildman–Crippen MR) is 34.4 cm³/mol. The SMILES string of the molecule is CC=NN1CC(=O)NC1=O. The van der Waals surface area contributed by atoms with Gasteiger partial charge in [0, 0.05) is 6.21 Å². The first-order valence-corrected chi connectivity index (χ1v) is 2.84. The molecule has 0 aliphatic carbocycles. The number of carbonyl (C=O) groups is 2. The molecular formula is C5H7N3O2. The highest BCUT2D eigenvalue weighted by Crippen LogP contribution is 1.96. The largest absolute Gasteiger partial charge is 0.344 e. The van der Waals surface area contributed by atoms with Gasteiger partial charge in [0.15, 0.2) is 0 Å². The van der Waals surface area contributed by atoms with E-state index in [1.54, 1.807) is 6.92 Å². The highest BCUT2D eigenvalue weighted by Gasteiger charge is 2.25. The van der Waals surface area contributed by atoms with E-state index in [-0.39, 0.29) is 12.5 Å². The van der Waals surface area contributed by atoms with Crippen LogP contribution in [0, 0.1) is 0 Å². The molecule has 1 fully saturated rings. The molecule has 0 unspecified atom stereocenters. The molecular weight excluding hydrogens is 134 g/mol. The average Bonchev–Trinajstić information content (AvgIpc) is 2.13. The summed E-state index contributed by atoms with van der Waals surface area (Å²) in [5, 5.41) is 6.79. The van der Waals surface area contributed by atoms with Gasteiger partial charge in [0.25, 0.3) is 0 Å². The lowest BCUT2D eigenvalue weighted by atomic mass is 10.6. The van der Waals surface area contributed by atoms with E-state index in [0.29, 0.717) is 0 Å². The molecule has 0 radical (unpaired) electrons. The zero-order chi connectivity index (χ0) is 7.56. The Labute approximate surface area is 57.7 Å². The molecule has 54 valence electrons. The topological polar surface area (TPSA) is 61.8 Å². The van der Waals surface area contributed by atoms with Crippen molar-refractivity contribution < 1.29 is 9.59 Å². The molecule has 5 nitrogen and oxygen atoms in total. The molecule has 0 bridgehead atoms. The first kappa shape index (κ1) is 6.73. The molecule has 1 heterocycles. The van der Waals surface area contributed by atoms with E-state index < -0.39 is 6.03 Å². The number of hydrogen-bond acceptors (Lipinski definition) is 3. The lowest BCUT2D eigenvalue weighted by molar-refractivity contribution is -0.118. The third-order valence-electron chi connectivity index (χ3n) is 1.03. The number of nitrogens with one attached hydrogen (secondary N) is 1. The Balaban J connectivity index is 2.63. The molecule has 0 spiro atoms. The van der Waals surface area contributed by atoms with Crippen LogP contribution in [0.3, 0.4) is 0 Å². The summed E-state index contributed by atoms with van der Waals surface area (Å²) in [5.41, 5.74) is 0. The van der Waals surface area contributed by atoms with Gasteiger partial charge in [-0.2, -0.15) is 5.10 Å². The Morgan fingerprint density at radius 1 is 1.70 bits per heavy atom. The second-order valence-electron chi connectivity index (χ2n) is 1.78. The number of imide groups is 1. The zero-order valence-electron chi connectivity index (χ0n) is 5.50. The fraction of sp³-hybridized carbons (Fsp3) is 0.400. The second-order valence-corrected chi connectivity index (χ2v) is 1.78. The normalized spacial score (nSPS) is 18.7. The molecule has 0 saturated carbocycles. The highest BCUT2D eigenvalue weighted by molar-refractivity contribution is 6.01. The Bertz CT molecular complexity index is 199. The van der Waals surface area contributed by atoms with Crippen LogP contribution in [0.4, 0.5) is 4.79 Å². The molecule has 1 rings (SSSR count). The molecule has 0 aromatic heterocycles. The fourth-order valence-electron chi connectivity index (χ4n) is 0.664. The van der Waals surface area contributed by atoms with E-state index in [1.165, 1.54) is 6.21 Å². The van der Waals surface area contributed by atoms with Crippen LogP contribution in [-0.2, 0) is 4.79 Å². The van der Waals surface area contributed by atoms with Gasteiger partial charge in [-0.05, 0) is 6.92 Å². The third-order valence-corrected chi connectivity index (χ3v) is 1.03. The number of hydrazone groups is 1. The maximum atomic E-state index is 10.7. The summed E-state index contributed by atoms with van der Waals surface area (Å²) in [7, 11) is 0. The zero-order valence-corrected chi connectivity index (χ0v) is 5.50. The van der Waals surface area contributed by atoms with Crippen LogP contribution in [0.2, 0.25) is 0 Å². The van der Waals surface area contributed by atoms with Crippen molar-refractivity contribution >= 4 is 18.2 Å². The highest BCUT2D eigenvalue weighted by atomic mass is 16.2. The molecule has 1 aliphatic heterocycles. The van der Waals surface area contributed by atoms with Crippen molar-refractivity contribution in [2.24, 2.45) is 5.10 Å². The second kappa shape index (κ2) is 2.47. The van der Waals surface area contributed by atoms with Crippen molar-refractivity contribution in [2.75, 3.05) is 6.54 Å². The molecule has 5 heteroatoms.